The first-order valence-corrected chi connectivity index (χ1v) is 8.91. The molecule has 2 unspecified atom stereocenters. The second-order valence-corrected chi connectivity index (χ2v) is 6.98. The normalized spacial score (nSPS) is 22.2. The first-order valence-electron chi connectivity index (χ1n) is 8.03. The molecule has 2 aromatic rings. The van der Waals surface area contributed by atoms with E-state index >= 15 is 0 Å². The van der Waals surface area contributed by atoms with Crippen LogP contribution < -0.4 is 9.64 Å². The van der Waals surface area contributed by atoms with Gasteiger partial charge in [0.1, 0.15) is 10.6 Å². The summed E-state index contributed by atoms with van der Waals surface area (Å²) < 4.78 is 5.30. The van der Waals surface area contributed by atoms with Gasteiger partial charge in [-0.3, -0.25) is 14.5 Å². The van der Waals surface area contributed by atoms with Crippen molar-refractivity contribution in [3.63, 3.8) is 0 Å². The van der Waals surface area contributed by atoms with E-state index < -0.39 is 5.97 Å². The fourth-order valence-electron chi connectivity index (χ4n) is 3.27. The molecule has 5 nitrogen and oxygen atoms in total. The highest BCUT2D eigenvalue weighted by molar-refractivity contribution is 7.12. The van der Waals surface area contributed by atoms with Gasteiger partial charge in [0.25, 0.3) is 0 Å². The van der Waals surface area contributed by atoms with Crippen LogP contribution in [0.5, 0.6) is 5.75 Å². The zero-order chi connectivity index (χ0) is 17.4. The maximum absolute atomic E-state index is 12.6. The van der Waals surface area contributed by atoms with Crippen LogP contribution in [0, 0.1) is 11.8 Å². The molecule has 126 valence electrons. The van der Waals surface area contributed by atoms with Crippen molar-refractivity contribution in [1.29, 1.82) is 0 Å². The van der Waals surface area contributed by atoms with E-state index in [9.17, 15) is 14.4 Å². The molecule has 2 heterocycles. The van der Waals surface area contributed by atoms with Crippen LogP contribution in [0.2, 0.25) is 0 Å². The lowest BCUT2D eigenvalue weighted by molar-refractivity contribution is -0.122. The third-order valence-electron chi connectivity index (χ3n) is 4.54. The van der Waals surface area contributed by atoms with Crippen molar-refractivity contribution in [2.24, 2.45) is 11.8 Å². The van der Waals surface area contributed by atoms with E-state index in [-0.39, 0.29) is 23.7 Å². The Hall–Kier alpha value is -2.73. The molecule has 2 aliphatic rings. The number of rotatable bonds is 3. The Balaban J connectivity index is 1.51. The average molecular weight is 353 g/mol. The van der Waals surface area contributed by atoms with E-state index in [2.05, 4.69) is 0 Å². The smallest absolute Gasteiger partial charge is 0.353 e. The summed E-state index contributed by atoms with van der Waals surface area (Å²) in [4.78, 5) is 38.8. The third-order valence-corrected chi connectivity index (χ3v) is 5.39. The van der Waals surface area contributed by atoms with E-state index in [4.69, 9.17) is 4.74 Å². The fourth-order valence-corrected chi connectivity index (χ4v) is 3.87. The monoisotopic (exact) mass is 353 g/mol. The minimum absolute atomic E-state index is 0.150. The molecule has 1 aromatic heterocycles. The second kappa shape index (κ2) is 6.29. The van der Waals surface area contributed by atoms with Gasteiger partial charge in [-0.25, -0.2) is 4.79 Å². The van der Waals surface area contributed by atoms with Crippen molar-refractivity contribution in [1.82, 2.24) is 0 Å². The van der Waals surface area contributed by atoms with Gasteiger partial charge in [-0.2, -0.15) is 0 Å². The molecule has 1 aliphatic heterocycles. The molecule has 25 heavy (non-hydrogen) atoms. The fraction of sp³-hybridized carbons (Fsp3) is 0.211. The lowest BCUT2D eigenvalue weighted by Crippen LogP contribution is -2.30. The Morgan fingerprint density at radius 1 is 1.00 bits per heavy atom. The van der Waals surface area contributed by atoms with Crippen molar-refractivity contribution >= 4 is 34.8 Å². The van der Waals surface area contributed by atoms with E-state index in [0.717, 1.165) is 0 Å². The molecular formula is C19H15NO4S. The van der Waals surface area contributed by atoms with Crippen LogP contribution in [0.3, 0.4) is 0 Å². The van der Waals surface area contributed by atoms with Crippen LogP contribution in [0.25, 0.3) is 0 Å². The highest BCUT2D eigenvalue weighted by Gasteiger charge is 2.47. The maximum Gasteiger partial charge on any atom is 0.353 e. The Bertz CT molecular complexity index is 828. The first kappa shape index (κ1) is 15.8. The third kappa shape index (κ3) is 2.78. The predicted molar refractivity (Wildman–Crippen MR) is 93.6 cm³/mol. The lowest BCUT2D eigenvalue weighted by Gasteiger charge is -2.15. The van der Waals surface area contributed by atoms with Crippen LogP contribution in [0.4, 0.5) is 5.69 Å². The number of anilines is 1. The molecular weight excluding hydrogens is 338 g/mol. The Kier molecular flexibility index (Phi) is 3.97. The minimum atomic E-state index is -0.423. The Morgan fingerprint density at radius 3 is 2.20 bits per heavy atom. The SMILES string of the molecule is O=C(Oc1ccc(N2C(=O)C3CC=CCC3C2=O)cc1)c1cccs1. The van der Waals surface area contributed by atoms with Crippen molar-refractivity contribution < 1.29 is 19.1 Å². The topological polar surface area (TPSA) is 63.7 Å². The quantitative estimate of drug-likeness (QED) is 0.367. The molecule has 6 heteroatoms. The summed E-state index contributed by atoms with van der Waals surface area (Å²) in [6.45, 7) is 0. The molecule has 1 fully saturated rings. The van der Waals surface area contributed by atoms with Crippen molar-refractivity contribution in [3.05, 3.63) is 58.8 Å². The minimum Gasteiger partial charge on any atom is -0.422 e. The molecule has 0 spiro atoms. The standard InChI is InChI=1S/C19H15NO4S/c21-17-14-4-1-2-5-15(14)18(22)20(17)12-7-9-13(10-8-12)24-19(23)16-6-3-11-25-16/h1-3,6-11,14-15H,4-5H2. The van der Waals surface area contributed by atoms with Gasteiger partial charge in [-0.15, -0.1) is 11.3 Å². The molecule has 0 N–H and O–H groups in total. The number of benzene rings is 1. The summed E-state index contributed by atoms with van der Waals surface area (Å²) in [6, 6.07) is 9.94. The van der Waals surface area contributed by atoms with E-state index in [1.54, 1.807) is 41.8 Å². The highest BCUT2D eigenvalue weighted by atomic mass is 32.1. The van der Waals surface area contributed by atoms with E-state index in [1.165, 1.54) is 16.2 Å². The van der Waals surface area contributed by atoms with Gasteiger partial charge in [0.15, 0.2) is 0 Å². The molecule has 0 bridgehead atoms. The second-order valence-electron chi connectivity index (χ2n) is 6.03. The van der Waals surface area contributed by atoms with Gasteiger partial charge >= 0.3 is 5.97 Å². The number of carbonyl (C=O) groups is 3. The van der Waals surface area contributed by atoms with Crippen molar-refractivity contribution in [2.45, 2.75) is 12.8 Å². The summed E-state index contributed by atoms with van der Waals surface area (Å²) in [7, 11) is 0. The summed E-state index contributed by atoms with van der Waals surface area (Å²) >= 11 is 1.31. The van der Waals surface area contributed by atoms with Crippen LogP contribution >= 0.6 is 11.3 Å². The zero-order valence-corrected chi connectivity index (χ0v) is 14.1. The highest BCUT2D eigenvalue weighted by Crippen LogP contribution is 2.38. The number of allylic oxidation sites excluding steroid dienone is 2. The largest absolute Gasteiger partial charge is 0.422 e. The molecule has 1 aromatic carbocycles. The van der Waals surface area contributed by atoms with Crippen molar-refractivity contribution in [2.75, 3.05) is 4.90 Å². The van der Waals surface area contributed by atoms with Gasteiger partial charge in [0.05, 0.1) is 17.5 Å². The Morgan fingerprint density at radius 2 is 1.64 bits per heavy atom. The van der Waals surface area contributed by atoms with Gasteiger partial charge < -0.3 is 4.74 Å². The average Bonchev–Trinajstić information content (AvgIpc) is 3.25. The molecule has 2 amide bonds. The molecule has 2 atom stereocenters. The summed E-state index contributed by atoms with van der Waals surface area (Å²) in [5.74, 6) is -0.860. The van der Waals surface area contributed by atoms with Gasteiger partial charge in [0, 0.05) is 0 Å². The number of amides is 2. The zero-order valence-electron chi connectivity index (χ0n) is 13.3. The number of esters is 1. The molecule has 0 radical (unpaired) electrons. The van der Waals surface area contributed by atoms with Crippen LogP contribution in [0.15, 0.2) is 53.9 Å². The predicted octanol–water partition coefficient (Wildman–Crippen LogP) is 3.42. The number of hydrogen-bond donors (Lipinski definition) is 0. The molecule has 0 saturated carbocycles. The summed E-state index contributed by atoms with van der Waals surface area (Å²) in [6.07, 6.45) is 5.15. The van der Waals surface area contributed by atoms with Gasteiger partial charge in [0.2, 0.25) is 11.8 Å². The van der Waals surface area contributed by atoms with Crippen LogP contribution in [-0.2, 0) is 9.59 Å². The van der Waals surface area contributed by atoms with Crippen LogP contribution in [0.1, 0.15) is 22.5 Å². The van der Waals surface area contributed by atoms with Gasteiger partial charge in [-0.1, -0.05) is 18.2 Å². The van der Waals surface area contributed by atoms with Gasteiger partial charge in [-0.05, 0) is 48.6 Å². The number of thiophene rings is 1. The molecule has 1 aliphatic carbocycles. The number of imide groups is 1. The van der Waals surface area contributed by atoms with E-state index in [1.807, 2.05) is 12.2 Å². The van der Waals surface area contributed by atoms with E-state index in [0.29, 0.717) is 29.2 Å². The number of ether oxygens (including phenoxy) is 1. The molecule has 1 saturated heterocycles. The Labute approximate surface area is 148 Å². The number of hydrogen-bond acceptors (Lipinski definition) is 5. The molecule has 4 rings (SSSR count). The van der Waals surface area contributed by atoms with Crippen LogP contribution in [-0.4, -0.2) is 17.8 Å². The number of carbonyl (C=O) groups excluding carboxylic acids is 3. The first-order chi connectivity index (χ1) is 12.1. The number of fused-ring (bicyclic) bond motifs is 1. The summed E-state index contributed by atoms with van der Waals surface area (Å²) in [5.41, 5.74) is 0.514. The summed E-state index contributed by atoms with van der Waals surface area (Å²) in [5, 5.41) is 1.80. The number of nitrogens with zero attached hydrogens (tertiary/aromatic N) is 1. The van der Waals surface area contributed by atoms with Crippen molar-refractivity contribution in [3.8, 4) is 5.75 Å². The lowest BCUT2D eigenvalue weighted by atomic mass is 9.85. The maximum atomic E-state index is 12.6.